The third kappa shape index (κ3) is 3.14. The van der Waals surface area contributed by atoms with E-state index < -0.39 is 0 Å². The monoisotopic (exact) mass is 227 g/mol. The Bertz CT molecular complexity index is 474. The maximum Gasteiger partial charge on any atom is 1.00 e. The van der Waals surface area contributed by atoms with Crippen molar-refractivity contribution in [3.8, 4) is 0 Å². The molecule has 0 amide bonds. The summed E-state index contributed by atoms with van der Waals surface area (Å²) in [5.41, 5.74) is 2.04. The van der Waals surface area contributed by atoms with Crippen molar-refractivity contribution < 1.29 is 61.7 Å². The molecule has 2 aromatic rings. The van der Waals surface area contributed by atoms with E-state index in [0.717, 1.165) is 16.6 Å². The summed E-state index contributed by atoms with van der Waals surface area (Å²) in [5.74, 6) is 0. The minimum atomic E-state index is 0. The molecule has 2 aromatic heterocycles. The summed E-state index contributed by atoms with van der Waals surface area (Å²) in [4.78, 5) is 18.6. The van der Waals surface area contributed by atoms with Crippen LogP contribution in [0.5, 0.6) is 0 Å². The average molecular weight is 227 g/mol. The van der Waals surface area contributed by atoms with Crippen LogP contribution in [-0.4, -0.2) is 21.7 Å². The van der Waals surface area contributed by atoms with Crippen LogP contribution < -0.4 is 51.4 Å². The predicted octanol–water partition coefficient (Wildman–Crippen LogP) is -1.78. The van der Waals surface area contributed by atoms with Crippen molar-refractivity contribution >= 4 is 17.2 Å². The van der Waals surface area contributed by atoms with E-state index in [2.05, 4.69) is 9.97 Å². The molecule has 2 heterocycles. The fourth-order valence-corrected chi connectivity index (χ4v) is 1.24. The van der Waals surface area contributed by atoms with E-state index in [9.17, 15) is 4.79 Å². The van der Waals surface area contributed by atoms with Crippen LogP contribution >= 0.6 is 0 Å². The molecule has 5 heteroatoms. The first-order valence-corrected chi connectivity index (χ1v) is 3.92. The number of pyridine rings is 2. The van der Waals surface area contributed by atoms with Crippen LogP contribution in [0.2, 0.25) is 0 Å². The van der Waals surface area contributed by atoms with Gasteiger partial charge >= 0.3 is 51.4 Å². The molecule has 72 valence electrons. The summed E-state index contributed by atoms with van der Waals surface area (Å²) in [6.07, 6.45) is 3.35. The molecule has 0 aliphatic heterocycles. The van der Waals surface area contributed by atoms with Gasteiger partial charge in [0.25, 0.3) is 0 Å². The summed E-state index contributed by atoms with van der Waals surface area (Å²) in [5, 5.41) is 0.753. The van der Waals surface area contributed by atoms with Crippen LogP contribution in [0.4, 0.5) is 0 Å². The van der Waals surface area contributed by atoms with Gasteiger partial charge in [-0.3, -0.25) is 9.97 Å². The Morgan fingerprint density at radius 1 is 1.27 bits per heavy atom. The SMILES string of the molecule is Cc1ccc2c([C-]=O)nccc2n1.[K+].[OH-]. The number of aryl methyl sites for hydroxylation is 1. The molecule has 0 aliphatic carbocycles. The summed E-state index contributed by atoms with van der Waals surface area (Å²) < 4.78 is 0. The third-order valence-electron chi connectivity index (χ3n) is 1.85. The van der Waals surface area contributed by atoms with E-state index in [4.69, 9.17) is 0 Å². The quantitative estimate of drug-likeness (QED) is 0.426. The minimum Gasteiger partial charge on any atom is -0.870 e. The number of carbonyl (C=O) groups excluding carboxylic acids is 1. The van der Waals surface area contributed by atoms with Gasteiger partial charge in [0.2, 0.25) is 0 Å². The number of fused-ring (bicyclic) bond motifs is 1. The van der Waals surface area contributed by atoms with Crippen molar-refractivity contribution in [1.29, 1.82) is 0 Å². The normalized spacial score (nSPS) is 8.87. The Balaban J connectivity index is 0.000000980. The number of nitrogens with zero attached hydrogens (tertiary/aromatic N) is 2. The zero-order valence-electron chi connectivity index (χ0n) is 8.56. The van der Waals surface area contributed by atoms with Gasteiger partial charge < -0.3 is 10.3 Å². The Morgan fingerprint density at radius 3 is 2.67 bits per heavy atom. The van der Waals surface area contributed by atoms with Gasteiger partial charge in [-0.1, -0.05) is 11.8 Å². The zero-order valence-corrected chi connectivity index (χ0v) is 11.7. The van der Waals surface area contributed by atoms with E-state index in [-0.39, 0.29) is 56.9 Å². The second kappa shape index (κ2) is 6.42. The first-order valence-electron chi connectivity index (χ1n) is 3.92. The molecule has 2 rings (SSSR count). The summed E-state index contributed by atoms with van der Waals surface area (Å²) >= 11 is 0. The summed E-state index contributed by atoms with van der Waals surface area (Å²) in [6.45, 7) is 1.91. The Labute approximate surface area is 130 Å². The van der Waals surface area contributed by atoms with Crippen LogP contribution in [0.3, 0.4) is 0 Å². The van der Waals surface area contributed by atoms with Crippen molar-refractivity contribution in [2.24, 2.45) is 0 Å². The second-order valence-corrected chi connectivity index (χ2v) is 2.78. The van der Waals surface area contributed by atoms with Gasteiger partial charge in [0.1, 0.15) is 0 Å². The third-order valence-corrected chi connectivity index (χ3v) is 1.85. The van der Waals surface area contributed by atoms with Gasteiger partial charge in [0.15, 0.2) is 0 Å². The maximum absolute atomic E-state index is 10.5. The molecule has 0 saturated carbocycles. The fraction of sp³-hybridized carbons (Fsp3) is 0.100. The van der Waals surface area contributed by atoms with E-state index in [1.165, 1.54) is 0 Å². The molecule has 4 nitrogen and oxygen atoms in total. The molecule has 1 N–H and O–H groups in total. The van der Waals surface area contributed by atoms with Crippen LogP contribution in [0.1, 0.15) is 11.4 Å². The van der Waals surface area contributed by atoms with Crippen molar-refractivity contribution in [3.63, 3.8) is 0 Å². The van der Waals surface area contributed by atoms with E-state index in [1.807, 2.05) is 19.1 Å². The van der Waals surface area contributed by atoms with Crippen LogP contribution in [-0.2, 0) is 4.79 Å². The summed E-state index contributed by atoms with van der Waals surface area (Å²) in [6, 6.07) is 5.47. The van der Waals surface area contributed by atoms with Gasteiger partial charge in [-0.25, -0.2) is 0 Å². The molecular weight excluding hydrogens is 219 g/mol. The topological polar surface area (TPSA) is 72.8 Å². The minimum absolute atomic E-state index is 0. The van der Waals surface area contributed by atoms with E-state index in [1.54, 1.807) is 18.5 Å². The maximum atomic E-state index is 10.5. The first kappa shape index (κ1) is 14.8. The Kier molecular flexibility index (Phi) is 6.34. The molecule has 0 unspecified atom stereocenters. The largest absolute Gasteiger partial charge is 1.00 e. The van der Waals surface area contributed by atoms with Crippen molar-refractivity contribution in [1.82, 2.24) is 9.97 Å². The van der Waals surface area contributed by atoms with Gasteiger partial charge in [0, 0.05) is 18.2 Å². The molecule has 0 atom stereocenters. The molecule has 15 heavy (non-hydrogen) atoms. The van der Waals surface area contributed by atoms with Gasteiger partial charge in [-0.2, -0.15) is 0 Å². The van der Waals surface area contributed by atoms with Gasteiger partial charge in [-0.15, -0.1) is 11.5 Å². The zero-order chi connectivity index (χ0) is 9.26. The van der Waals surface area contributed by atoms with Crippen molar-refractivity contribution in [2.75, 3.05) is 0 Å². The molecule has 0 aliphatic rings. The smallest absolute Gasteiger partial charge is 0.870 e. The molecule has 0 bridgehead atoms. The van der Waals surface area contributed by atoms with E-state index >= 15 is 0 Å². The molecule has 0 spiro atoms. The number of rotatable bonds is 1. The number of hydrogen-bond donors (Lipinski definition) is 0. The standard InChI is InChI=1S/C10H7N2O.K.H2O/c1-7-2-3-8-9(12-7)4-5-11-10(8)6-13;;/h2-5H,1H3;;1H2/q-1;+1;/p-1. The van der Waals surface area contributed by atoms with Gasteiger partial charge in [-0.05, 0) is 18.5 Å². The number of hydrogen-bond acceptors (Lipinski definition) is 4. The van der Waals surface area contributed by atoms with Gasteiger partial charge in [0.05, 0.1) is 0 Å². The molecule has 0 aromatic carbocycles. The van der Waals surface area contributed by atoms with Crippen LogP contribution in [0.15, 0.2) is 24.4 Å². The van der Waals surface area contributed by atoms with Crippen LogP contribution in [0, 0.1) is 6.92 Å². The molecule has 0 saturated heterocycles. The predicted molar refractivity (Wildman–Crippen MR) is 51.0 cm³/mol. The first-order chi connectivity index (χ1) is 6.31. The fourth-order valence-electron chi connectivity index (χ4n) is 1.24. The van der Waals surface area contributed by atoms with Crippen LogP contribution in [0.25, 0.3) is 10.9 Å². The Morgan fingerprint density at radius 2 is 2.00 bits per heavy atom. The Hall–Kier alpha value is -0.174. The molecule has 0 fully saturated rings. The van der Waals surface area contributed by atoms with Crippen molar-refractivity contribution in [3.05, 3.63) is 35.8 Å². The summed E-state index contributed by atoms with van der Waals surface area (Å²) in [7, 11) is 0. The number of aromatic nitrogens is 2. The molecule has 0 radical (unpaired) electrons. The second-order valence-electron chi connectivity index (χ2n) is 2.78. The van der Waals surface area contributed by atoms with Crippen molar-refractivity contribution in [2.45, 2.75) is 6.92 Å². The van der Waals surface area contributed by atoms with E-state index in [0.29, 0.717) is 5.69 Å². The average Bonchev–Trinajstić information content (AvgIpc) is 2.16. The molecular formula is C10H8KN2O2-.